The summed E-state index contributed by atoms with van der Waals surface area (Å²) in [6.45, 7) is 2.32. The van der Waals surface area contributed by atoms with Crippen molar-refractivity contribution in [3.8, 4) is 0 Å². The van der Waals surface area contributed by atoms with Gasteiger partial charge in [-0.25, -0.2) is 0 Å². The first-order valence-corrected chi connectivity index (χ1v) is 7.81. The van der Waals surface area contributed by atoms with Gasteiger partial charge in [0.1, 0.15) is 10.5 Å². The molecule has 2 bridgehead atoms. The zero-order valence-corrected chi connectivity index (χ0v) is 13.8. The molecular formula is C16H24OSi. The molecule has 0 amide bonds. The Morgan fingerprint density at radius 3 is 2.39 bits per heavy atom. The normalized spacial score (nSPS) is 25.2. The van der Waals surface area contributed by atoms with Crippen LogP contribution >= 0.6 is 0 Å². The van der Waals surface area contributed by atoms with Gasteiger partial charge in [0.25, 0.3) is 0 Å². The maximum Gasteiger partial charge on any atom is 0.145 e. The van der Waals surface area contributed by atoms with Crippen LogP contribution in [0.5, 0.6) is 0 Å². The molecule has 2 unspecified atom stereocenters. The zero-order chi connectivity index (χ0) is 13.0. The van der Waals surface area contributed by atoms with Crippen molar-refractivity contribution in [3.05, 3.63) is 41.5 Å². The number of fused-ring (bicyclic) bond motifs is 2. The predicted octanol–water partition coefficient (Wildman–Crippen LogP) is 3.19. The van der Waals surface area contributed by atoms with Crippen LogP contribution in [-0.4, -0.2) is 17.6 Å². The van der Waals surface area contributed by atoms with E-state index in [0.717, 1.165) is 22.3 Å². The first kappa shape index (κ1) is 13.6. The van der Waals surface area contributed by atoms with E-state index < -0.39 is 0 Å². The van der Waals surface area contributed by atoms with Gasteiger partial charge in [0, 0.05) is 7.11 Å². The molecular weight excluding hydrogens is 236 g/mol. The van der Waals surface area contributed by atoms with Crippen LogP contribution in [0.25, 0.3) is 5.57 Å². The van der Waals surface area contributed by atoms with E-state index in [2.05, 4.69) is 41.7 Å². The van der Waals surface area contributed by atoms with Crippen molar-refractivity contribution in [2.45, 2.75) is 32.6 Å². The van der Waals surface area contributed by atoms with Crippen LogP contribution in [-0.2, 0) is 4.43 Å². The summed E-state index contributed by atoms with van der Waals surface area (Å²) < 4.78 is 4.39. The summed E-state index contributed by atoms with van der Waals surface area (Å²) in [4.78, 5) is 0. The Balaban J connectivity index is 0.000000367. The molecule has 2 heteroatoms. The van der Waals surface area contributed by atoms with Crippen LogP contribution in [0.3, 0.4) is 0 Å². The number of allylic oxidation sites excluding steroid dienone is 2. The number of hydrogen-bond donors (Lipinski definition) is 0. The lowest BCUT2D eigenvalue weighted by molar-refractivity contribution is 0.460. The topological polar surface area (TPSA) is 9.23 Å². The molecule has 0 aliphatic heterocycles. The van der Waals surface area contributed by atoms with Crippen molar-refractivity contribution in [2.24, 2.45) is 11.8 Å². The van der Waals surface area contributed by atoms with Crippen LogP contribution in [0.15, 0.2) is 35.9 Å². The van der Waals surface area contributed by atoms with Gasteiger partial charge in [-0.2, -0.15) is 0 Å². The van der Waals surface area contributed by atoms with Crippen molar-refractivity contribution >= 4 is 16.1 Å². The summed E-state index contributed by atoms with van der Waals surface area (Å²) >= 11 is 0. The zero-order valence-electron chi connectivity index (χ0n) is 11.8. The van der Waals surface area contributed by atoms with Crippen molar-refractivity contribution in [3.63, 3.8) is 0 Å². The standard InChI is InChI=1S/C15H18.CH6OSi/c1-2-14-12-8-9-13(10-12)15(14)11-6-4-3-5-7-11;1-2-3/h3-7,12-13H,2,8-10H2,1H3;1,3H3. The van der Waals surface area contributed by atoms with Gasteiger partial charge in [-0.1, -0.05) is 42.8 Å². The van der Waals surface area contributed by atoms with Crippen molar-refractivity contribution in [1.82, 2.24) is 0 Å². The maximum atomic E-state index is 4.39. The van der Waals surface area contributed by atoms with Gasteiger partial charge in [0.05, 0.1) is 0 Å². The van der Waals surface area contributed by atoms with Crippen molar-refractivity contribution in [2.75, 3.05) is 7.11 Å². The summed E-state index contributed by atoms with van der Waals surface area (Å²) in [6.07, 6.45) is 5.57. The third kappa shape index (κ3) is 2.60. The van der Waals surface area contributed by atoms with Gasteiger partial charge >= 0.3 is 0 Å². The fourth-order valence-corrected chi connectivity index (χ4v) is 3.56. The van der Waals surface area contributed by atoms with Gasteiger partial charge in [-0.15, -0.1) is 0 Å². The van der Waals surface area contributed by atoms with Gasteiger partial charge in [0.15, 0.2) is 0 Å². The van der Waals surface area contributed by atoms with Crippen LogP contribution in [0.2, 0.25) is 0 Å². The molecule has 0 radical (unpaired) electrons. The molecule has 1 aromatic carbocycles. The minimum atomic E-state index is 0.869. The second-order valence-electron chi connectivity index (χ2n) is 5.27. The van der Waals surface area contributed by atoms with E-state index in [1.54, 1.807) is 18.3 Å². The van der Waals surface area contributed by atoms with Crippen LogP contribution < -0.4 is 0 Å². The SMILES string of the molecule is CCC1=C(c2ccccc2)C2CCC1C2.CO[SiH3]. The van der Waals surface area contributed by atoms with E-state index >= 15 is 0 Å². The van der Waals surface area contributed by atoms with Crippen molar-refractivity contribution in [1.29, 1.82) is 0 Å². The third-order valence-electron chi connectivity index (χ3n) is 4.15. The summed E-state index contributed by atoms with van der Waals surface area (Å²) in [5.74, 6) is 1.81. The van der Waals surface area contributed by atoms with E-state index in [4.69, 9.17) is 0 Å². The minimum absolute atomic E-state index is 0.869. The fourth-order valence-electron chi connectivity index (χ4n) is 3.56. The van der Waals surface area contributed by atoms with E-state index in [-0.39, 0.29) is 0 Å². The highest BCUT2D eigenvalue weighted by Gasteiger charge is 2.38. The third-order valence-corrected chi connectivity index (χ3v) is 4.15. The minimum Gasteiger partial charge on any atom is -0.431 e. The Morgan fingerprint density at radius 2 is 1.78 bits per heavy atom. The quantitative estimate of drug-likeness (QED) is 0.742. The number of benzene rings is 1. The molecule has 18 heavy (non-hydrogen) atoms. The maximum absolute atomic E-state index is 4.39. The first-order chi connectivity index (χ1) is 8.81. The summed E-state index contributed by atoms with van der Waals surface area (Å²) in [6, 6.07) is 11.0. The average molecular weight is 260 g/mol. The predicted molar refractivity (Wildman–Crippen MR) is 81.4 cm³/mol. The van der Waals surface area contributed by atoms with Crippen LogP contribution in [0.4, 0.5) is 0 Å². The molecule has 0 spiro atoms. The number of rotatable bonds is 2. The lowest BCUT2D eigenvalue weighted by Gasteiger charge is -2.19. The average Bonchev–Trinajstić information content (AvgIpc) is 3.00. The number of hydrogen-bond acceptors (Lipinski definition) is 1. The Kier molecular flexibility index (Phi) is 4.78. The summed E-state index contributed by atoms with van der Waals surface area (Å²) in [7, 11) is 2.56. The Labute approximate surface area is 114 Å². The van der Waals surface area contributed by atoms with Gasteiger partial charge < -0.3 is 4.43 Å². The molecule has 1 nitrogen and oxygen atoms in total. The van der Waals surface area contributed by atoms with Crippen LogP contribution in [0.1, 0.15) is 38.2 Å². The molecule has 1 saturated carbocycles. The highest BCUT2D eigenvalue weighted by molar-refractivity contribution is 5.97. The Hall–Kier alpha value is -0.863. The second kappa shape index (κ2) is 6.35. The molecule has 0 saturated heterocycles. The Bertz CT molecular complexity index is 410. The lowest BCUT2D eigenvalue weighted by atomic mass is 9.86. The molecule has 0 heterocycles. The van der Waals surface area contributed by atoms with E-state index in [1.165, 1.54) is 31.2 Å². The monoisotopic (exact) mass is 260 g/mol. The van der Waals surface area contributed by atoms with E-state index in [1.807, 2.05) is 0 Å². The molecule has 2 atom stereocenters. The van der Waals surface area contributed by atoms with E-state index in [9.17, 15) is 0 Å². The smallest absolute Gasteiger partial charge is 0.145 e. The van der Waals surface area contributed by atoms with Gasteiger partial charge in [0.2, 0.25) is 0 Å². The summed E-state index contributed by atoms with van der Waals surface area (Å²) in [5, 5.41) is 0. The molecule has 0 N–H and O–H groups in total. The molecule has 3 rings (SSSR count). The van der Waals surface area contributed by atoms with Crippen molar-refractivity contribution < 1.29 is 4.43 Å². The van der Waals surface area contributed by atoms with Gasteiger partial charge in [-0.05, 0) is 48.7 Å². The summed E-state index contributed by atoms with van der Waals surface area (Å²) in [5.41, 5.74) is 4.95. The largest absolute Gasteiger partial charge is 0.431 e. The molecule has 0 aromatic heterocycles. The lowest BCUT2D eigenvalue weighted by Crippen LogP contribution is -2.02. The van der Waals surface area contributed by atoms with E-state index in [0.29, 0.717) is 0 Å². The Morgan fingerprint density at radius 1 is 1.17 bits per heavy atom. The molecule has 2 aliphatic rings. The van der Waals surface area contributed by atoms with Crippen LogP contribution in [0, 0.1) is 11.8 Å². The van der Waals surface area contributed by atoms with Gasteiger partial charge in [-0.3, -0.25) is 0 Å². The highest BCUT2D eigenvalue weighted by Crippen LogP contribution is 2.53. The first-order valence-electron chi connectivity index (χ1n) is 7.00. The molecule has 1 fully saturated rings. The molecule has 98 valence electrons. The second-order valence-corrected chi connectivity index (χ2v) is 6.09. The highest BCUT2D eigenvalue weighted by atomic mass is 28.2. The molecule has 1 aromatic rings. The molecule has 2 aliphatic carbocycles. The fraction of sp³-hybridized carbons (Fsp3) is 0.500.